The summed E-state index contributed by atoms with van der Waals surface area (Å²) in [6, 6.07) is 10.8. The van der Waals surface area contributed by atoms with Crippen LogP contribution >= 0.6 is 11.3 Å². The third-order valence-corrected chi connectivity index (χ3v) is 5.17. The van der Waals surface area contributed by atoms with Crippen LogP contribution in [0.4, 0.5) is 0 Å². The molecule has 0 unspecified atom stereocenters. The summed E-state index contributed by atoms with van der Waals surface area (Å²) in [6.45, 7) is 5.61. The molecule has 1 aliphatic heterocycles. The summed E-state index contributed by atoms with van der Waals surface area (Å²) in [6.07, 6.45) is 1.72. The fourth-order valence-corrected chi connectivity index (χ4v) is 3.64. The lowest BCUT2D eigenvalue weighted by molar-refractivity contribution is -0.128. The molecule has 0 saturated carbocycles. The van der Waals surface area contributed by atoms with Gasteiger partial charge in [0.05, 0.1) is 0 Å². The highest BCUT2D eigenvalue weighted by molar-refractivity contribution is 7.10. The number of nitrogens with zero attached hydrogens (tertiary/aromatic N) is 1. The Kier molecular flexibility index (Phi) is 4.90. The van der Waals surface area contributed by atoms with Gasteiger partial charge >= 0.3 is 0 Å². The van der Waals surface area contributed by atoms with Gasteiger partial charge in [-0.15, -0.1) is 11.3 Å². The Morgan fingerprint density at radius 2 is 1.91 bits per heavy atom. The number of hydrogen-bond acceptors (Lipinski definition) is 3. The van der Waals surface area contributed by atoms with Gasteiger partial charge in [-0.25, -0.2) is 0 Å². The van der Waals surface area contributed by atoms with Gasteiger partial charge in [-0.05, 0) is 41.5 Å². The van der Waals surface area contributed by atoms with E-state index in [0.29, 0.717) is 6.42 Å². The first-order valence-electron chi connectivity index (χ1n) is 7.81. The van der Waals surface area contributed by atoms with Crippen molar-refractivity contribution in [2.24, 2.45) is 0 Å². The van der Waals surface area contributed by atoms with E-state index in [1.807, 2.05) is 4.90 Å². The molecular weight excluding hydrogens is 292 g/mol. The summed E-state index contributed by atoms with van der Waals surface area (Å²) < 4.78 is 0. The first-order chi connectivity index (χ1) is 10.7. The molecule has 0 bridgehead atoms. The quantitative estimate of drug-likeness (QED) is 0.885. The van der Waals surface area contributed by atoms with Gasteiger partial charge in [-0.3, -0.25) is 4.79 Å². The molecule has 1 aromatic carbocycles. The van der Waals surface area contributed by atoms with E-state index in [0.717, 1.165) is 32.6 Å². The second-order valence-corrected chi connectivity index (χ2v) is 6.87. The van der Waals surface area contributed by atoms with Gasteiger partial charge in [0.15, 0.2) is 0 Å². The monoisotopic (exact) mass is 314 g/mol. The highest BCUT2D eigenvalue weighted by Gasteiger charge is 2.19. The van der Waals surface area contributed by atoms with E-state index >= 15 is 0 Å². The van der Waals surface area contributed by atoms with E-state index in [9.17, 15) is 4.79 Å². The molecule has 1 aromatic heterocycles. The third-order valence-electron chi connectivity index (χ3n) is 4.15. The largest absolute Gasteiger partial charge is 0.338 e. The molecule has 0 atom stereocenters. The fourth-order valence-electron chi connectivity index (χ4n) is 2.76. The number of nitrogens with one attached hydrogen (secondary N) is 1. The highest BCUT2D eigenvalue weighted by Crippen LogP contribution is 2.16. The molecule has 3 nitrogen and oxygen atoms in total. The number of amides is 1. The Balaban J connectivity index is 1.49. The van der Waals surface area contributed by atoms with E-state index < -0.39 is 0 Å². The smallest absolute Gasteiger partial charge is 0.222 e. The van der Waals surface area contributed by atoms with Gasteiger partial charge in [0, 0.05) is 37.5 Å². The molecule has 116 valence electrons. The van der Waals surface area contributed by atoms with Gasteiger partial charge in [-0.2, -0.15) is 0 Å². The Bertz CT molecular complexity index is 633. The molecule has 0 spiro atoms. The van der Waals surface area contributed by atoms with Crippen molar-refractivity contribution in [2.45, 2.75) is 39.4 Å². The Hall–Kier alpha value is -1.65. The van der Waals surface area contributed by atoms with Crippen LogP contribution in [0.2, 0.25) is 0 Å². The van der Waals surface area contributed by atoms with Gasteiger partial charge in [-0.1, -0.05) is 24.3 Å². The van der Waals surface area contributed by atoms with E-state index in [-0.39, 0.29) is 5.91 Å². The molecule has 0 radical (unpaired) electrons. The van der Waals surface area contributed by atoms with E-state index in [1.54, 1.807) is 11.3 Å². The molecule has 1 amide bonds. The number of rotatable bonds is 6. The molecule has 4 heteroatoms. The standard InChI is InChI=1S/C18H22N2OS/c1-14-8-10-22-17(14)12-19-11-15-4-6-16(7-5-15)13-20-9-2-3-18(20)21/h4-8,10,19H,2-3,9,11-13H2,1H3. The van der Waals surface area contributed by atoms with Crippen LogP contribution in [-0.4, -0.2) is 17.4 Å². The molecule has 3 rings (SSSR count). The lowest BCUT2D eigenvalue weighted by atomic mass is 10.1. The summed E-state index contributed by atoms with van der Waals surface area (Å²) in [5.41, 5.74) is 3.86. The molecule has 22 heavy (non-hydrogen) atoms. The van der Waals surface area contributed by atoms with Crippen LogP contribution in [0.25, 0.3) is 0 Å². The molecule has 1 fully saturated rings. The minimum atomic E-state index is 0.289. The molecular formula is C18H22N2OS. The van der Waals surface area contributed by atoms with Crippen LogP contribution in [0.1, 0.15) is 34.4 Å². The summed E-state index contributed by atoms with van der Waals surface area (Å²) in [7, 11) is 0. The highest BCUT2D eigenvalue weighted by atomic mass is 32.1. The van der Waals surface area contributed by atoms with Crippen LogP contribution in [0.5, 0.6) is 0 Å². The average Bonchev–Trinajstić information content (AvgIpc) is 3.11. The van der Waals surface area contributed by atoms with Gasteiger partial charge in [0.2, 0.25) is 5.91 Å². The van der Waals surface area contributed by atoms with E-state index in [2.05, 4.69) is 48.0 Å². The van der Waals surface area contributed by atoms with Gasteiger partial charge < -0.3 is 10.2 Å². The number of thiophene rings is 1. The maximum Gasteiger partial charge on any atom is 0.222 e. The molecule has 1 N–H and O–H groups in total. The normalized spacial score (nSPS) is 14.8. The Labute approximate surface area is 136 Å². The van der Waals surface area contributed by atoms with Gasteiger partial charge in [0.25, 0.3) is 0 Å². The average molecular weight is 314 g/mol. The van der Waals surface area contributed by atoms with Crippen molar-refractivity contribution in [1.29, 1.82) is 0 Å². The summed E-state index contributed by atoms with van der Waals surface area (Å²) >= 11 is 1.81. The zero-order valence-electron chi connectivity index (χ0n) is 13.0. The number of benzene rings is 1. The Morgan fingerprint density at radius 3 is 2.55 bits per heavy atom. The number of carbonyl (C=O) groups excluding carboxylic acids is 1. The topological polar surface area (TPSA) is 32.3 Å². The number of carbonyl (C=O) groups is 1. The molecule has 2 aromatic rings. The van der Waals surface area contributed by atoms with Crippen LogP contribution in [-0.2, 0) is 24.4 Å². The van der Waals surface area contributed by atoms with Crippen LogP contribution < -0.4 is 5.32 Å². The zero-order valence-corrected chi connectivity index (χ0v) is 13.8. The fraction of sp³-hybridized carbons (Fsp3) is 0.389. The number of hydrogen-bond donors (Lipinski definition) is 1. The van der Waals surface area contributed by atoms with E-state index in [4.69, 9.17) is 0 Å². The van der Waals surface area contributed by atoms with Crippen LogP contribution in [0.15, 0.2) is 35.7 Å². The Morgan fingerprint density at radius 1 is 1.14 bits per heavy atom. The molecule has 1 saturated heterocycles. The van der Waals surface area contributed by atoms with Crippen molar-refractivity contribution in [3.63, 3.8) is 0 Å². The maximum absolute atomic E-state index is 11.6. The minimum absolute atomic E-state index is 0.289. The SMILES string of the molecule is Cc1ccsc1CNCc1ccc(CN2CCCC2=O)cc1. The van der Waals surface area contributed by atoms with Crippen molar-refractivity contribution >= 4 is 17.2 Å². The maximum atomic E-state index is 11.6. The number of likely N-dealkylation sites (tertiary alicyclic amines) is 1. The van der Waals surface area contributed by atoms with Crippen molar-refractivity contribution in [2.75, 3.05) is 6.54 Å². The predicted octanol–water partition coefficient (Wildman–Crippen LogP) is 3.47. The summed E-state index contributed by atoms with van der Waals surface area (Å²) in [5, 5.41) is 5.63. The molecule has 0 aliphatic carbocycles. The van der Waals surface area contributed by atoms with Crippen molar-refractivity contribution < 1.29 is 4.79 Å². The summed E-state index contributed by atoms with van der Waals surface area (Å²) in [5.74, 6) is 0.289. The molecule has 2 heterocycles. The predicted molar refractivity (Wildman–Crippen MR) is 90.7 cm³/mol. The first kappa shape index (κ1) is 15.3. The van der Waals surface area contributed by atoms with Crippen LogP contribution in [0, 0.1) is 6.92 Å². The second-order valence-electron chi connectivity index (χ2n) is 5.87. The summed E-state index contributed by atoms with van der Waals surface area (Å²) in [4.78, 5) is 15.0. The van der Waals surface area contributed by atoms with Crippen molar-refractivity contribution in [3.8, 4) is 0 Å². The second kappa shape index (κ2) is 7.07. The first-order valence-corrected chi connectivity index (χ1v) is 8.69. The third kappa shape index (κ3) is 3.76. The van der Waals surface area contributed by atoms with Gasteiger partial charge in [0.1, 0.15) is 0 Å². The van der Waals surface area contributed by atoms with E-state index in [1.165, 1.54) is 21.6 Å². The lowest BCUT2D eigenvalue weighted by Crippen LogP contribution is -2.23. The molecule has 1 aliphatic rings. The lowest BCUT2D eigenvalue weighted by Gasteiger charge is -2.15. The van der Waals surface area contributed by atoms with Crippen molar-refractivity contribution in [1.82, 2.24) is 10.2 Å². The minimum Gasteiger partial charge on any atom is -0.338 e. The zero-order chi connectivity index (χ0) is 15.4. The van der Waals surface area contributed by atoms with Crippen molar-refractivity contribution in [3.05, 3.63) is 57.3 Å². The van der Waals surface area contributed by atoms with Crippen LogP contribution in [0.3, 0.4) is 0 Å². The number of aryl methyl sites for hydroxylation is 1.